The maximum Gasteiger partial charge on any atom is 0.270 e. The van der Waals surface area contributed by atoms with E-state index in [1.807, 2.05) is 12.3 Å². The second-order valence-corrected chi connectivity index (χ2v) is 7.62. The van der Waals surface area contributed by atoms with Gasteiger partial charge < -0.3 is 5.32 Å². The van der Waals surface area contributed by atoms with Crippen molar-refractivity contribution in [3.63, 3.8) is 0 Å². The Kier molecular flexibility index (Phi) is 4.42. The molecule has 0 unspecified atom stereocenters. The van der Waals surface area contributed by atoms with Gasteiger partial charge in [0, 0.05) is 18.0 Å². The number of aryl methyl sites for hydroxylation is 1. The van der Waals surface area contributed by atoms with Crippen LogP contribution >= 0.6 is 22.7 Å². The SMILES string of the molecule is CC(=O)Nc1nnc(S(=O)(=O)NCc2nc(C)cs2)s1. The summed E-state index contributed by atoms with van der Waals surface area (Å²) in [5.74, 6) is -0.337. The van der Waals surface area contributed by atoms with E-state index in [-0.39, 0.29) is 21.9 Å². The molecule has 2 rings (SSSR count). The van der Waals surface area contributed by atoms with Gasteiger partial charge in [0.1, 0.15) is 5.01 Å². The monoisotopic (exact) mass is 333 g/mol. The van der Waals surface area contributed by atoms with E-state index >= 15 is 0 Å². The molecule has 0 bridgehead atoms. The first-order chi connectivity index (χ1) is 9.37. The standard InChI is InChI=1S/C9H11N5O3S3/c1-5-4-18-7(11-5)3-10-20(16,17)9-14-13-8(19-9)12-6(2)15/h4,10H,3H2,1-2H3,(H,12,13,15). The lowest BCUT2D eigenvalue weighted by Crippen LogP contribution is -2.23. The predicted molar refractivity (Wildman–Crippen MR) is 75.1 cm³/mol. The summed E-state index contributed by atoms with van der Waals surface area (Å²) in [4.78, 5) is 15.0. The van der Waals surface area contributed by atoms with E-state index in [1.165, 1.54) is 18.3 Å². The molecule has 20 heavy (non-hydrogen) atoms. The lowest BCUT2D eigenvalue weighted by atomic mass is 10.6. The molecule has 108 valence electrons. The fourth-order valence-electron chi connectivity index (χ4n) is 1.22. The largest absolute Gasteiger partial charge is 0.301 e. The fourth-order valence-corrected chi connectivity index (χ4v) is 4.00. The third-order valence-electron chi connectivity index (χ3n) is 2.00. The maximum absolute atomic E-state index is 12.0. The van der Waals surface area contributed by atoms with E-state index in [0.29, 0.717) is 5.01 Å². The molecule has 0 aliphatic heterocycles. The Hall–Kier alpha value is -1.43. The number of thiazole rings is 1. The van der Waals surface area contributed by atoms with Crippen molar-refractivity contribution >= 4 is 43.7 Å². The van der Waals surface area contributed by atoms with Crippen molar-refractivity contribution in [3.8, 4) is 0 Å². The van der Waals surface area contributed by atoms with Crippen LogP contribution < -0.4 is 10.0 Å². The topological polar surface area (TPSA) is 114 Å². The molecule has 2 aromatic heterocycles. The van der Waals surface area contributed by atoms with Gasteiger partial charge in [0.15, 0.2) is 0 Å². The summed E-state index contributed by atoms with van der Waals surface area (Å²) >= 11 is 2.16. The van der Waals surface area contributed by atoms with Crippen LogP contribution in [0.25, 0.3) is 0 Å². The molecular formula is C9H11N5O3S3. The minimum atomic E-state index is -3.75. The Morgan fingerprint density at radius 1 is 1.40 bits per heavy atom. The molecule has 0 atom stereocenters. The average Bonchev–Trinajstić information content (AvgIpc) is 2.95. The quantitative estimate of drug-likeness (QED) is 0.780. The zero-order valence-electron chi connectivity index (χ0n) is 10.6. The molecule has 0 saturated heterocycles. The van der Waals surface area contributed by atoms with Crippen LogP contribution in [0.1, 0.15) is 17.6 Å². The van der Waals surface area contributed by atoms with E-state index in [4.69, 9.17) is 0 Å². The van der Waals surface area contributed by atoms with E-state index in [0.717, 1.165) is 17.0 Å². The summed E-state index contributed by atoms with van der Waals surface area (Å²) in [5.41, 5.74) is 0.841. The number of hydrogen-bond donors (Lipinski definition) is 2. The summed E-state index contributed by atoms with van der Waals surface area (Å²) in [6, 6.07) is 0. The molecule has 0 aromatic carbocycles. The van der Waals surface area contributed by atoms with Gasteiger partial charge in [-0.25, -0.2) is 18.1 Å². The molecule has 0 aliphatic rings. The van der Waals surface area contributed by atoms with Gasteiger partial charge in [-0.2, -0.15) is 0 Å². The molecule has 2 N–H and O–H groups in total. The Balaban J connectivity index is 2.06. The third-order valence-corrected chi connectivity index (χ3v) is 5.57. The van der Waals surface area contributed by atoms with Crippen LogP contribution in [-0.4, -0.2) is 29.5 Å². The highest BCUT2D eigenvalue weighted by molar-refractivity contribution is 7.91. The molecule has 0 saturated carbocycles. The first-order valence-electron chi connectivity index (χ1n) is 5.38. The third kappa shape index (κ3) is 3.79. The summed E-state index contributed by atoms with van der Waals surface area (Å²) in [6.45, 7) is 3.23. The van der Waals surface area contributed by atoms with Crippen LogP contribution in [-0.2, 0) is 21.4 Å². The van der Waals surface area contributed by atoms with Gasteiger partial charge in [-0.05, 0) is 6.92 Å². The van der Waals surface area contributed by atoms with Gasteiger partial charge in [0.05, 0.1) is 6.54 Å². The lowest BCUT2D eigenvalue weighted by molar-refractivity contribution is -0.114. The zero-order chi connectivity index (χ0) is 14.8. The Labute approximate surface area is 123 Å². The summed E-state index contributed by atoms with van der Waals surface area (Å²) in [7, 11) is -3.75. The van der Waals surface area contributed by atoms with Crippen molar-refractivity contribution in [1.29, 1.82) is 0 Å². The number of amides is 1. The minimum absolute atomic E-state index is 0.0931. The van der Waals surface area contributed by atoms with Crippen molar-refractivity contribution < 1.29 is 13.2 Å². The maximum atomic E-state index is 12.0. The van der Waals surface area contributed by atoms with Crippen molar-refractivity contribution in [1.82, 2.24) is 19.9 Å². The van der Waals surface area contributed by atoms with Crippen LogP contribution in [0.3, 0.4) is 0 Å². The summed E-state index contributed by atoms with van der Waals surface area (Å²) < 4.78 is 26.1. The number of nitrogens with one attached hydrogen (secondary N) is 2. The second kappa shape index (κ2) is 5.91. The highest BCUT2D eigenvalue weighted by atomic mass is 32.2. The predicted octanol–water partition coefficient (Wildman–Crippen LogP) is 0.740. The van der Waals surface area contributed by atoms with Gasteiger partial charge in [0.25, 0.3) is 10.0 Å². The first kappa shape index (κ1) is 15.0. The van der Waals surface area contributed by atoms with Crippen LogP contribution in [0, 0.1) is 6.92 Å². The number of carbonyl (C=O) groups excluding carboxylic acids is 1. The van der Waals surface area contributed by atoms with Crippen LogP contribution in [0.2, 0.25) is 0 Å². The Morgan fingerprint density at radius 3 is 2.75 bits per heavy atom. The van der Waals surface area contributed by atoms with E-state index < -0.39 is 10.0 Å². The zero-order valence-corrected chi connectivity index (χ0v) is 13.0. The van der Waals surface area contributed by atoms with E-state index in [1.54, 1.807) is 0 Å². The molecule has 0 fully saturated rings. The van der Waals surface area contributed by atoms with Gasteiger partial charge in [-0.15, -0.1) is 21.5 Å². The highest BCUT2D eigenvalue weighted by Gasteiger charge is 2.20. The molecule has 0 radical (unpaired) electrons. The molecule has 8 nitrogen and oxygen atoms in total. The van der Waals surface area contributed by atoms with Crippen molar-refractivity contribution in [2.45, 2.75) is 24.7 Å². The Bertz CT molecular complexity index is 721. The minimum Gasteiger partial charge on any atom is -0.301 e. The van der Waals surface area contributed by atoms with E-state index in [2.05, 4.69) is 25.2 Å². The molecule has 0 aliphatic carbocycles. The molecule has 2 heterocycles. The fraction of sp³-hybridized carbons (Fsp3) is 0.333. The first-order valence-corrected chi connectivity index (χ1v) is 8.56. The van der Waals surface area contributed by atoms with Crippen LogP contribution in [0.5, 0.6) is 0 Å². The van der Waals surface area contributed by atoms with Crippen LogP contribution in [0.4, 0.5) is 5.13 Å². The number of carbonyl (C=O) groups is 1. The normalized spacial score (nSPS) is 11.5. The lowest BCUT2D eigenvalue weighted by Gasteiger charge is -2.00. The van der Waals surface area contributed by atoms with Crippen molar-refractivity contribution in [3.05, 3.63) is 16.1 Å². The smallest absolute Gasteiger partial charge is 0.270 e. The molecular weight excluding hydrogens is 322 g/mol. The number of anilines is 1. The molecule has 2 aromatic rings. The van der Waals surface area contributed by atoms with Crippen LogP contribution in [0.15, 0.2) is 9.72 Å². The molecule has 11 heteroatoms. The number of sulfonamides is 1. The molecule has 1 amide bonds. The highest BCUT2D eigenvalue weighted by Crippen LogP contribution is 2.20. The van der Waals surface area contributed by atoms with Gasteiger partial charge in [-0.3, -0.25) is 4.79 Å². The van der Waals surface area contributed by atoms with Gasteiger partial charge in [0.2, 0.25) is 15.4 Å². The second-order valence-electron chi connectivity index (χ2n) is 3.76. The average molecular weight is 333 g/mol. The summed E-state index contributed by atoms with van der Waals surface area (Å²) in [5, 5.41) is 12.2. The molecule has 0 spiro atoms. The number of aromatic nitrogens is 3. The van der Waals surface area contributed by atoms with Gasteiger partial charge >= 0.3 is 0 Å². The van der Waals surface area contributed by atoms with Gasteiger partial charge in [-0.1, -0.05) is 11.3 Å². The van der Waals surface area contributed by atoms with Crippen molar-refractivity contribution in [2.75, 3.05) is 5.32 Å². The Morgan fingerprint density at radius 2 is 2.15 bits per heavy atom. The number of rotatable bonds is 5. The van der Waals surface area contributed by atoms with E-state index in [9.17, 15) is 13.2 Å². The van der Waals surface area contributed by atoms with Crippen molar-refractivity contribution in [2.24, 2.45) is 0 Å². The summed E-state index contributed by atoms with van der Waals surface area (Å²) in [6.07, 6.45) is 0. The number of nitrogens with zero attached hydrogens (tertiary/aromatic N) is 3. The number of hydrogen-bond acceptors (Lipinski definition) is 8.